The van der Waals surface area contributed by atoms with E-state index in [0.29, 0.717) is 94.7 Å². The Morgan fingerprint density at radius 3 is 2.26 bits per heavy atom. The van der Waals surface area contributed by atoms with Crippen LogP contribution in [0.2, 0.25) is 0 Å². The molecule has 5 aromatic rings. The molecule has 2 aromatic heterocycles. The molecule has 2 bridgehead atoms. The molecule has 0 radical (unpaired) electrons. The van der Waals surface area contributed by atoms with Gasteiger partial charge in [0.15, 0.2) is 0 Å². The number of amides is 5. The number of anilines is 4. The Bertz CT molecular complexity index is 2840. The molecule has 3 atom stereocenters. The highest BCUT2D eigenvalue weighted by Gasteiger charge is 2.56. The maximum absolute atomic E-state index is 15.9. The Hall–Kier alpha value is -7.05. The number of piperazine rings is 1. The predicted octanol–water partition coefficient (Wildman–Crippen LogP) is 5.91. The van der Waals surface area contributed by atoms with E-state index >= 15 is 4.39 Å². The van der Waals surface area contributed by atoms with Gasteiger partial charge in [0, 0.05) is 100 Å². The van der Waals surface area contributed by atoms with Crippen molar-refractivity contribution in [1.82, 2.24) is 30.0 Å². The summed E-state index contributed by atoms with van der Waals surface area (Å²) in [5.74, 6) is -0.412. The fraction of sp³-hybridized carbons (Fsp3) is 0.392. The predicted molar refractivity (Wildman–Crippen MR) is 253 cm³/mol. The largest absolute Gasteiger partial charge is 0.457 e. The van der Waals surface area contributed by atoms with E-state index in [2.05, 4.69) is 45.9 Å². The number of pyridine rings is 2. The van der Waals surface area contributed by atoms with Gasteiger partial charge in [0.05, 0.1) is 16.8 Å². The number of hydrogen-bond donors (Lipinski definition) is 4. The van der Waals surface area contributed by atoms with Crippen LogP contribution in [0.5, 0.6) is 11.5 Å². The average molecular weight is 939 g/mol. The SMILES string of the molecule is O=C1CCC(N2Cc3cc(NCCN4C5CC4CN(CC4CCN(c6cc7nccc(Oc8ccc(NC(=O)C9(C(=O)Nc%10ccc(F)cc%10)CC9)cc8)c7cc6F)CC4)C5)ncc3C2=O)C(=O)N1. The van der Waals surface area contributed by atoms with Gasteiger partial charge in [-0.1, -0.05) is 0 Å². The molecule has 5 saturated heterocycles. The summed E-state index contributed by atoms with van der Waals surface area (Å²) >= 11 is 0. The van der Waals surface area contributed by atoms with Crippen LogP contribution in [0.25, 0.3) is 10.9 Å². The fourth-order valence-corrected chi connectivity index (χ4v) is 10.8. The number of ether oxygens (including phenoxy) is 1. The van der Waals surface area contributed by atoms with E-state index in [-0.39, 0.29) is 24.1 Å². The first-order valence-corrected chi connectivity index (χ1v) is 23.8. The number of halogens is 2. The molecule has 356 valence electrons. The van der Waals surface area contributed by atoms with Crippen LogP contribution in [-0.2, 0) is 25.7 Å². The molecule has 0 spiro atoms. The summed E-state index contributed by atoms with van der Waals surface area (Å²) in [5, 5.41) is 11.9. The van der Waals surface area contributed by atoms with Gasteiger partial charge >= 0.3 is 0 Å². The van der Waals surface area contributed by atoms with Crippen molar-refractivity contribution in [2.75, 3.05) is 66.7 Å². The third-order valence-electron chi connectivity index (χ3n) is 14.8. The van der Waals surface area contributed by atoms with Crippen LogP contribution in [0, 0.1) is 23.0 Å². The van der Waals surface area contributed by atoms with E-state index in [4.69, 9.17) is 4.74 Å². The number of carbonyl (C=O) groups excluding carboxylic acids is 5. The lowest BCUT2D eigenvalue weighted by molar-refractivity contribution is -0.137. The molecule has 12 rings (SSSR count). The Kier molecular flexibility index (Phi) is 11.7. The first-order valence-electron chi connectivity index (χ1n) is 23.8. The molecular weight excluding hydrogens is 887 g/mol. The van der Waals surface area contributed by atoms with E-state index < -0.39 is 35.0 Å². The van der Waals surface area contributed by atoms with Gasteiger partial charge < -0.3 is 30.5 Å². The van der Waals surface area contributed by atoms with E-state index in [1.807, 2.05) is 6.07 Å². The molecule has 6 aliphatic heterocycles. The topological polar surface area (TPSA) is 181 Å². The molecule has 1 saturated carbocycles. The van der Waals surface area contributed by atoms with E-state index in [1.54, 1.807) is 48.8 Å². The number of carbonyl (C=O) groups is 5. The van der Waals surface area contributed by atoms with E-state index in [9.17, 15) is 28.4 Å². The number of nitrogens with one attached hydrogen (secondary N) is 4. The van der Waals surface area contributed by atoms with Gasteiger partial charge in [-0.25, -0.2) is 13.8 Å². The van der Waals surface area contributed by atoms with Crippen molar-refractivity contribution < 1.29 is 37.5 Å². The third kappa shape index (κ3) is 8.94. The number of benzene rings is 3. The molecule has 8 heterocycles. The minimum Gasteiger partial charge on any atom is -0.457 e. The van der Waals surface area contributed by atoms with Gasteiger partial charge in [-0.3, -0.25) is 44.1 Å². The quantitative estimate of drug-likeness (QED) is 0.0766. The maximum atomic E-state index is 15.9. The minimum atomic E-state index is -1.19. The van der Waals surface area contributed by atoms with Gasteiger partial charge in [-0.05, 0) is 123 Å². The molecule has 6 fully saturated rings. The van der Waals surface area contributed by atoms with E-state index in [0.717, 1.165) is 64.2 Å². The maximum Gasteiger partial charge on any atom is 0.256 e. The highest BCUT2D eigenvalue weighted by atomic mass is 19.1. The lowest BCUT2D eigenvalue weighted by Gasteiger charge is -2.57. The molecule has 69 heavy (non-hydrogen) atoms. The van der Waals surface area contributed by atoms with Crippen LogP contribution < -0.4 is 30.9 Å². The normalized spacial score (nSPS) is 22.2. The van der Waals surface area contributed by atoms with Crippen molar-refractivity contribution in [2.45, 2.75) is 69.6 Å². The zero-order valence-corrected chi connectivity index (χ0v) is 37.9. The Labute approximate surface area is 396 Å². The summed E-state index contributed by atoms with van der Waals surface area (Å²) in [6.45, 7) is 6.54. The average Bonchev–Trinajstić information content (AvgIpc) is 4.11. The molecule has 3 aromatic carbocycles. The first-order chi connectivity index (χ1) is 33.5. The fourth-order valence-electron chi connectivity index (χ4n) is 10.8. The Balaban J connectivity index is 0.629. The minimum absolute atomic E-state index is 0.218. The second kappa shape index (κ2) is 18.1. The number of hydrogen-bond acceptors (Lipinski definition) is 12. The highest BCUT2D eigenvalue weighted by molar-refractivity contribution is 6.17. The number of imide groups is 1. The summed E-state index contributed by atoms with van der Waals surface area (Å²) in [6, 6.07) is 19.4. The monoisotopic (exact) mass is 938 g/mol. The lowest BCUT2D eigenvalue weighted by atomic mass is 9.86. The van der Waals surface area contributed by atoms with Crippen LogP contribution in [-0.4, -0.2) is 118 Å². The summed E-state index contributed by atoms with van der Waals surface area (Å²) in [4.78, 5) is 81.2. The van der Waals surface area contributed by atoms with Crippen molar-refractivity contribution >= 4 is 63.3 Å². The van der Waals surface area contributed by atoms with Crippen molar-refractivity contribution in [2.24, 2.45) is 11.3 Å². The molecule has 1 aliphatic carbocycles. The van der Waals surface area contributed by atoms with Gasteiger partial charge in [-0.2, -0.15) is 0 Å². The molecule has 18 heteroatoms. The number of fused-ring (bicyclic) bond motifs is 4. The van der Waals surface area contributed by atoms with Crippen molar-refractivity contribution in [1.29, 1.82) is 0 Å². The second-order valence-corrected chi connectivity index (χ2v) is 19.2. The summed E-state index contributed by atoms with van der Waals surface area (Å²) in [6.07, 6.45) is 7.72. The second-order valence-electron chi connectivity index (χ2n) is 19.2. The molecule has 3 unspecified atom stereocenters. The lowest BCUT2D eigenvalue weighted by Crippen LogP contribution is -2.69. The molecule has 4 N–H and O–H groups in total. The zero-order valence-electron chi connectivity index (χ0n) is 37.9. The number of piperidine rings is 3. The first kappa shape index (κ1) is 44.5. The van der Waals surface area contributed by atoms with E-state index in [1.165, 1.54) is 41.7 Å². The molecule has 16 nitrogen and oxygen atoms in total. The third-order valence-corrected chi connectivity index (χ3v) is 14.8. The van der Waals surface area contributed by atoms with Crippen LogP contribution in [0.4, 0.5) is 31.7 Å². The Morgan fingerprint density at radius 2 is 1.57 bits per heavy atom. The van der Waals surface area contributed by atoms with Crippen LogP contribution in [0.3, 0.4) is 0 Å². The van der Waals surface area contributed by atoms with Crippen LogP contribution >= 0.6 is 0 Å². The van der Waals surface area contributed by atoms with Crippen molar-refractivity contribution in [3.63, 3.8) is 0 Å². The van der Waals surface area contributed by atoms with Gasteiger partial charge in [-0.15, -0.1) is 0 Å². The molecular formula is C51H52F2N10O6. The number of aromatic nitrogens is 2. The number of nitrogens with zero attached hydrogens (tertiary/aromatic N) is 6. The zero-order chi connectivity index (χ0) is 47.4. The molecule has 5 amide bonds. The Morgan fingerprint density at radius 1 is 0.855 bits per heavy atom. The number of rotatable bonds is 14. The molecule has 7 aliphatic rings. The van der Waals surface area contributed by atoms with Gasteiger partial charge in [0.2, 0.25) is 23.6 Å². The van der Waals surface area contributed by atoms with Crippen molar-refractivity contribution in [3.05, 3.63) is 108 Å². The standard InChI is InChI=1S/C51H52F2N10O6/c52-32-1-3-33(4-2-32)57-49(67)51(14-15-51)50(68)58-34-5-7-37(8-6-34)69-44-11-16-54-41-24-43(40(53)23-38(41)44)61-18-12-30(13-19-61)26-60-28-35-22-36(29-60)62(35)20-17-55-45-21-31-27-63(48(66)39(31)25-56-45)42-9-10-46(64)59-47(42)65/h1-8,11,16,21,23-25,30,35-36,42H,9-10,12-15,17-20,22,26-29H2,(H,55,56)(H,57,67)(H,58,68)(H,59,64,65). The smallest absolute Gasteiger partial charge is 0.256 e. The van der Waals surface area contributed by atoms with Crippen LogP contribution in [0.15, 0.2) is 85.2 Å². The van der Waals surface area contributed by atoms with Crippen molar-refractivity contribution in [3.8, 4) is 11.5 Å². The summed E-state index contributed by atoms with van der Waals surface area (Å²) in [5.41, 5.74) is 2.20. The summed E-state index contributed by atoms with van der Waals surface area (Å²) < 4.78 is 35.4. The highest BCUT2D eigenvalue weighted by Crippen LogP contribution is 2.48. The van der Waals surface area contributed by atoms with Crippen LogP contribution in [0.1, 0.15) is 60.9 Å². The summed E-state index contributed by atoms with van der Waals surface area (Å²) in [7, 11) is 0. The van der Waals surface area contributed by atoms with Gasteiger partial charge in [0.1, 0.15) is 40.4 Å². The van der Waals surface area contributed by atoms with Gasteiger partial charge in [0.25, 0.3) is 5.91 Å².